The predicted molar refractivity (Wildman–Crippen MR) is 112 cm³/mol. The SMILES string of the molecule is Cc1cc(C)cc(NC(=O)CSC2=NC(=O)C3CN(C(C)C)CCC3=N2)c1. The second-order valence-corrected chi connectivity index (χ2v) is 8.38. The number of amides is 2. The Morgan fingerprint density at radius 1 is 1.26 bits per heavy atom. The molecule has 0 spiro atoms. The van der Waals surface area contributed by atoms with Crippen LogP contribution in [0, 0.1) is 19.8 Å². The van der Waals surface area contributed by atoms with Crippen molar-refractivity contribution in [2.45, 2.75) is 40.2 Å². The van der Waals surface area contributed by atoms with Gasteiger partial charge in [0, 0.05) is 30.5 Å². The summed E-state index contributed by atoms with van der Waals surface area (Å²) in [6.45, 7) is 9.85. The van der Waals surface area contributed by atoms with Crippen LogP contribution in [-0.2, 0) is 9.59 Å². The zero-order valence-corrected chi connectivity index (χ0v) is 17.1. The first kappa shape index (κ1) is 19.8. The number of likely N-dealkylation sites (tertiary alicyclic amines) is 1. The van der Waals surface area contributed by atoms with Crippen molar-refractivity contribution < 1.29 is 9.59 Å². The van der Waals surface area contributed by atoms with Gasteiger partial charge >= 0.3 is 0 Å². The number of nitrogens with one attached hydrogen (secondary N) is 1. The quantitative estimate of drug-likeness (QED) is 0.863. The molecule has 1 unspecified atom stereocenters. The largest absolute Gasteiger partial charge is 0.325 e. The first-order valence-corrected chi connectivity index (χ1v) is 10.3. The van der Waals surface area contributed by atoms with Gasteiger partial charge in [-0.15, -0.1) is 0 Å². The summed E-state index contributed by atoms with van der Waals surface area (Å²) in [4.78, 5) is 35.6. The Morgan fingerprint density at radius 3 is 2.63 bits per heavy atom. The van der Waals surface area contributed by atoms with Gasteiger partial charge in [0.25, 0.3) is 5.91 Å². The number of carbonyl (C=O) groups is 2. The molecule has 6 nitrogen and oxygen atoms in total. The van der Waals surface area contributed by atoms with Gasteiger partial charge in [-0.3, -0.25) is 14.5 Å². The van der Waals surface area contributed by atoms with Crippen LogP contribution >= 0.6 is 11.8 Å². The van der Waals surface area contributed by atoms with Crippen LogP contribution in [0.1, 0.15) is 31.4 Å². The van der Waals surface area contributed by atoms with E-state index >= 15 is 0 Å². The molecular weight excluding hydrogens is 360 g/mol. The highest BCUT2D eigenvalue weighted by Crippen LogP contribution is 2.24. The van der Waals surface area contributed by atoms with Crippen LogP contribution < -0.4 is 5.32 Å². The molecular formula is C20H26N4O2S. The van der Waals surface area contributed by atoms with Gasteiger partial charge in [0.2, 0.25) is 5.91 Å². The molecule has 144 valence electrons. The lowest BCUT2D eigenvalue weighted by Crippen LogP contribution is -2.48. The number of fused-ring (bicyclic) bond motifs is 1. The molecule has 1 saturated heterocycles. The number of carbonyl (C=O) groups excluding carboxylic acids is 2. The molecule has 1 fully saturated rings. The number of thioether (sulfide) groups is 1. The fourth-order valence-electron chi connectivity index (χ4n) is 3.45. The average Bonchev–Trinajstić information content (AvgIpc) is 2.58. The summed E-state index contributed by atoms with van der Waals surface area (Å²) in [6.07, 6.45) is 0.781. The molecule has 1 aromatic rings. The first-order chi connectivity index (χ1) is 12.8. The number of hydrogen-bond acceptors (Lipinski definition) is 5. The van der Waals surface area contributed by atoms with Gasteiger partial charge in [-0.2, -0.15) is 4.99 Å². The molecule has 2 aliphatic rings. The van der Waals surface area contributed by atoms with Crippen molar-refractivity contribution in [1.29, 1.82) is 0 Å². The van der Waals surface area contributed by atoms with Gasteiger partial charge in [0.1, 0.15) is 0 Å². The summed E-state index contributed by atoms with van der Waals surface area (Å²) < 4.78 is 0. The van der Waals surface area contributed by atoms with Crippen LogP contribution in [-0.4, -0.2) is 52.5 Å². The summed E-state index contributed by atoms with van der Waals surface area (Å²) in [7, 11) is 0. The van der Waals surface area contributed by atoms with E-state index in [1.807, 2.05) is 26.0 Å². The number of piperidine rings is 1. The Hall–Kier alpha value is -1.99. The van der Waals surface area contributed by atoms with Crippen molar-refractivity contribution in [2.75, 3.05) is 24.2 Å². The molecule has 1 N–H and O–H groups in total. The summed E-state index contributed by atoms with van der Waals surface area (Å²) >= 11 is 1.22. The van der Waals surface area contributed by atoms with E-state index < -0.39 is 0 Å². The second kappa shape index (κ2) is 8.35. The molecule has 0 saturated carbocycles. The van der Waals surface area contributed by atoms with Crippen LogP contribution in [0.5, 0.6) is 0 Å². The molecule has 0 bridgehead atoms. The number of rotatable bonds is 4. The minimum absolute atomic E-state index is 0.128. The van der Waals surface area contributed by atoms with Crippen molar-refractivity contribution in [3.05, 3.63) is 29.3 Å². The van der Waals surface area contributed by atoms with E-state index in [4.69, 9.17) is 0 Å². The summed E-state index contributed by atoms with van der Waals surface area (Å²) in [5.41, 5.74) is 3.90. The van der Waals surface area contributed by atoms with Crippen LogP contribution in [0.25, 0.3) is 0 Å². The molecule has 0 aliphatic carbocycles. The Morgan fingerprint density at radius 2 is 1.96 bits per heavy atom. The molecule has 0 radical (unpaired) electrons. The van der Waals surface area contributed by atoms with Crippen LogP contribution in [0.15, 0.2) is 28.2 Å². The number of nitrogens with zero attached hydrogens (tertiary/aromatic N) is 3. The van der Waals surface area contributed by atoms with Gasteiger partial charge in [-0.25, -0.2) is 4.99 Å². The Kier molecular flexibility index (Phi) is 6.11. The van der Waals surface area contributed by atoms with E-state index in [0.717, 1.165) is 35.5 Å². The predicted octanol–water partition coefficient (Wildman–Crippen LogP) is 3.04. The lowest BCUT2D eigenvalue weighted by molar-refractivity contribution is -0.120. The molecule has 3 rings (SSSR count). The summed E-state index contributed by atoms with van der Waals surface area (Å²) in [5, 5.41) is 3.30. The third-order valence-electron chi connectivity index (χ3n) is 4.79. The van der Waals surface area contributed by atoms with Crippen molar-refractivity contribution in [2.24, 2.45) is 15.9 Å². The topological polar surface area (TPSA) is 74.1 Å². The van der Waals surface area contributed by atoms with Crippen molar-refractivity contribution in [3.63, 3.8) is 0 Å². The smallest absolute Gasteiger partial charge is 0.258 e. The molecule has 2 aliphatic heterocycles. The van der Waals surface area contributed by atoms with Gasteiger partial charge in [-0.05, 0) is 57.4 Å². The molecule has 7 heteroatoms. The van der Waals surface area contributed by atoms with Crippen molar-refractivity contribution >= 4 is 40.1 Å². The number of aryl methyl sites for hydroxylation is 2. The molecule has 1 atom stereocenters. The number of hydrogen-bond donors (Lipinski definition) is 1. The van der Waals surface area contributed by atoms with Crippen LogP contribution in [0.3, 0.4) is 0 Å². The number of benzene rings is 1. The molecule has 27 heavy (non-hydrogen) atoms. The average molecular weight is 387 g/mol. The summed E-state index contributed by atoms with van der Waals surface area (Å²) in [5.74, 6) is -0.312. The Bertz CT molecular complexity index is 796. The van der Waals surface area contributed by atoms with Gasteiger partial charge in [-0.1, -0.05) is 17.8 Å². The summed E-state index contributed by atoms with van der Waals surface area (Å²) in [6, 6.07) is 6.34. The molecule has 0 aromatic heterocycles. The van der Waals surface area contributed by atoms with Crippen molar-refractivity contribution in [3.8, 4) is 0 Å². The van der Waals surface area contributed by atoms with E-state index in [0.29, 0.717) is 17.8 Å². The van der Waals surface area contributed by atoms with E-state index in [1.165, 1.54) is 11.8 Å². The highest BCUT2D eigenvalue weighted by atomic mass is 32.2. The third-order valence-corrected chi connectivity index (χ3v) is 5.63. The fraction of sp³-hybridized carbons (Fsp3) is 0.500. The zero-order valence-electron chi connectivity index (χ0n) is 16.3. The highest BCUT2D eigenvalue weighted by Gasteiger charge is 2.34. The maximum absolute atomic E-state index is 12.4. The van der Waals surface area contributed by atoms with Gasteiger partial charge in [0.15, 0.2) is 5.17 Å². The maximum Gasteiger partial charge on any atom is 0.258 e. The van der Waals surface area contributed by atoms with Crippen LogP contribution in [0.4, 0.5) is 5.69 Å². The Labute approximate surface area is 164 Å². The highest BCUT2D eigenvalue weighted by molar-refractivity contribution is 8.14. The minimum Gasteiger partial charge on any atom is -0.325 e. The maximum atomic E-state index is 12.4. The number of amidine groups is 1. The normalized spacial score (nSPS) is 20.2. The Balaban J connectivity index is 1.57. The first-order valence-electron chi connectivity index (χ1n) is 9.27. The second-order valence-electron chi connectivity index (χ2n) is 7.44. The standard InChI is InChI=1S/C20H26N4O2S/c1-12(2)24-6-5-17-16(10-24)19(26)23-20(22-17)27-11-18(25)21-15-8-13(3)7-14(4)9-15/h7-9,12,16H,5-6,10-11H2,1-4H3,(H,21,25). The molecule has 1 aromatic carbocycles. The van der Waals surface area contributed by atoms with E-state index in [9.17, 15) is 9.59 Å². The molecule has 2 heterocycles. The monoisotopic (exact) mass is 386 g/mol. The lowest BCUT2D eigenvalue weighted by Gasteiger charge is -2.36. The van der Waals surface area contributed by atoms with E-state index in [-0.39, 0.29) is 23.5 Å². The molecule has 2 amide bonds. The van der Waals surface area contributed by atoms with Gasteiger partial charge < -0.3 is 5.32 Å². The minimum atomic E-state index is -0.227. The third kappa shape index (κ3) is 5.05. The number of anilines is 1. The fourth-order valence-corrected chi connectivity index (χ4v) is 4.11. The van der Waals surface area contributed by atoms with E-state index in [2.05, 4.69) is 40.1 Å². The zero-order chi connectivity index (χ0) is 19.6. The van der Waals surface area contributed by atoms with Crippen molar-refractivity contribution in [1.82, 2.24) is 4.90 Å². The lowest BCUT2D eigenvalue weighted by atomic mass is 9.93. The van der Waals surface area contributed by atoms with E-state index in [1.54, 1.807) is 0 Å². The van der Waals surface area contributed by atoms with Gasteiger partial charge in [0.05, 0.1) is 11.7 Å². The number of aliphatic imine (C=N–C) groups is 2. The van der Waals surface area contributed by atoms with Crippen LogP contribution in [0.2, 0.25) is 0 Å².